The fourth-order valence-corrected chi connectivity index (χ4v) is 2.91. The predicted octanol–water partition coefficient (Wildman–Crippen LogP) is 5.31. The van der Waals surface area contributed by atoms with Gasteiger partial charge in [-0.15, -0.1) is 0 Å². The minimum Gasteiger partial charge on any atom is -0.464 e. The van der Waals surface area contributed by atoms with Gasteiger partial charge < -0.3 is 9.15 Å². The average molecular weight is 380 g/mol. The van der Waals surface area contributed by atoms with Gasteiger partial charge in [-0.05, 0) is 36.8 Å². The van der Waals surface area contributed by atoms with Gasteiger partial charge >= 0.3 is 5.97 Å². The molecule has 3 nitrogen and oxygen atoms in total. The maximum atomic E-state index is 12.1. The number of hydrogen-bond donors (Lipinski definition) is 0. The van der Waals surface area contributed by atoms with Gasteiger partial charge in [0.2, 0.25) is 0 Å². The van der Waals surface area contributed by atoms with Crippen LogP contribution < -0.4 is 4.74 Å². The van der Waals surface area contributed by atoms with Crippen LogP contribution in [0, 0.1) is 6.92 Å². The van der Waals surface area contributed by atoms with E-state index in [4.69, 9.17) is 20.8 Å². The Morgan fingerprint density at radius 2 is 2.09 bits per heavy atom. The third kappa shape index (κ3) is 3.18. The molecule has 0 N–H and O–H groups in total. The van der Waals surface area contributed by atoms with Crippen molar-refractivity contribution < 1.29 is 13.9 Å². The van der Waals surface area contributed by atoms with Crippen LogP contribution in [0.1, 0.15) is 11.1 Å². The quantitative estimate of drug-likeness (QED) is 0.457. The van der Waals surface area contributed by atoms with Crippen molar-refractivity contribution in [2.75, 3.05) is 0 Å². The van der Waals surface area contributed by atoms with Crippen LogP contribution in [-0.2, 0) is 11.2 Å². The van der Waals surface area contributed by atoms with Gasteiger partial charge in [-0.3, -0.25) is 4.79 Å². The third-order valence-electron chi connectivity index (χ3n) is 3.26. The Bertz CT molecular complexity index is 854. The Morgan fingerprint density at radius 3 is 2.86 bits per heavy atom. The monoisotopic (exact) mass is 378 g/mol. The summed E-state index contributed by atoms with van der Waals surface area (Å²) in [6.07, 6.45) is 1.72. The Balaban J connectivity index is 1.78. The molecule has 0 spiro atoms. The van der Waals surface area contributed by atoms with Crippen molar-refractivity contribution in [2.24, 2.45) is 0 Å². The zero-order valence-electron chi connectivity index (χ0n) is 11.7. The molecule has 0 aliphatic rings. The van der Waals surface area contributed by atoms with Crippen LogP contribution in [0.25, 0.3) is 11.0 Å². The van der Waals surface area contributed by atoms with Gasteiger partial charge in [-0.25, -0.2) is 0 Å². The maximum absolute atomic E-state index is 12.1. The Labute approximate surface area is 141 Å². The Kier molecular flexibility index (Phi) is 4.23. The Morgan fingerprint density at radius 1 is 1.27 bits per heavy atom. The van der Waals surface area contributed by atoms with Gasteiger partial charge in [-0.2, -0.15) is 0 Å². The zero-order valence-corrected chi connectivity index (χ0v) is 14.1. The minimum atomic E-state index is -0.382. The smallest absolute Gasteiger partial charge is 0.315 e. The van der Waals surface area contributed by atoms with Crippen molar-refractivity contribution in [1.29, 1.82) is 0 Å². The number of halogens is 2. The van der Waals surface area contributed by atoms with E-state index < -0.39 is 0 Å². The van der Waals surface area contributed by atoms with E-state index >= 15 is 0 Å². The molecule has 0 radical (unpaired) electrons. The molecular weight excluding hydrogens is 368 g/mol. The number of furan rings is 1. The van der Waals surface area contributed by atoms with Crippen LogP contribution in [-0.4, -0.2) is 5.97 Å². The highest BCUT2D eigenvalue weighted by Gasteiger charge is 2.14. The molecule has 0 saturated carbocycles. The minimum absolute atomic E-state index is 0.127. The lowest BCUT2D eigenvalue weighted by Gasteiger charge is -2.06. The number of hydrogen-bond acceptors (Lipinski definition) is 3. The molecule has 1 aromatic heterocycles. The van der Waals surface area contributed by atoms with E-state index in [9.17, 15) is 4.79 Å². The molecule has 1 heterocycles. The number of ether oxygens (including phenoxy) is 1. The van der Waals surface area contributed by atoms with Crippen molar-refractivity contribution >= 4 is 44.5 Å². The number of aryl methyl sites for hydroxylation is 1. The standard InChI is InChI=1S/C17H12BrClO3/c1-10-2-4-13-11(9-21-16(13)6-10)7-17(20)22-15-5-3-12(18)8-14(15)19/h2-6,8-9H,7H2,1H3. The van der Waals surface area contributed by atoms with Crippen molar-refractivity contribution in [2.45, 2.75) is 13.3 Å². The van der Waals surface area contributed by atoms with Gasteiger partial charge in [0.25, 0.3) is 0 Å². The van der Waals surface area contributed by atoms with Gasteiger partial charge in [0.1, 0.15) is 11.3 Å². The number of benzene rings is 2. The summed E-state index contributed by atoms with van der Waals surface area (Å²) in [4.78, 5) is 12.1. The zero-order chi connectivity index (χ0) is 15.7. The molecule has 0 fully saturated rings. The number of rotatable bonds is 3. The van der Waals surface area contributed by atoms with Crippen LogP contribution in [0.2, 0.25) is 5.02 Å². The highest BCUT2D eigenvalue weighted by molar-refractivity contribution is 9.10. The number of carbonyl (C=O) groups is 1. The van der Waals surface area contributed by atoms with E-state index in [-0.39, 0.29) is 12.4 Å². The highest BCUT2D eigenvalue weighted by Crippen LogP contribution is 2.28. The molecule has 112 valence electrons. The molecule has 3 aromatic rings. The maximum Gasteiger partial charge on any atom is 0.315 e. The summed E-state index contributed by atoms with van der Waals surface area (Å²) >= 11 is 9.35. The molecule has 2 aromatic carbocycles. The number of carbonyl (C=O) groups excluding carboxylic acids is 1. The van der Waals surface area contributed by atoms with E-state index in [0.717, 1.165) is 26.6 Å². The highest BCUT2D eigenvalue weighted by atomic mass is 79.9. The predicted molar refractivity (Wildman–Crippen MR) is 89.4 cm³/mol. The van der Waals surface area contributed by atoms with Gasteiger partial charge in [0, 0.05) is 15.4 Å². The van der Waals surface area contributed by atoms with Crippen LogP contribution in [0.4, 0.5) is 0 Å². The largest absolute Gasteiger partial charge is 0.464 e. The topological polar surface area (TPSA) is 39.4 Å². The van der Waals surface area contributed by atoms with Gasteiger partial charge in [-0.1, -0.05) is 39.7 Å². The second-order valence-electron chi connectivity index (χ2n) is 4.99. The lowest BCUT2D eigenvalue weighted by Crippen LogP contribution is -2.11. The second kappa shape index (κ2) is 6.15. The van der Waals surface area contributed by atoms with Gasteiger partial charge in [0.15, 0.2) is 0 Å². The number of esters is 1. The van der Waals surface area contributed by atoms with E-state index in [0.29, 0.717) is 10.8 Å². The summed E-state index contributed by atoms with van der Waals surface area (Å²) in [7, 11) is 0. The molecule has 0 bridgehead atoms. The van der Waals surface area contributed by atoms with Gasteiger partial charge in [0.05, 0.1) is 17.7 Å². The van der Waals surface area contributed by atoms with E-state index in [2.05, 4.69) is 15.9 Å². The van der Waals surface area contributed by atoms with E-state index in [1.54, 1.807) is 24.5 Å². The van der Waals surface area contributed by atoms with E-state index in [1.165, 1.54) is 0 Å². The molecule has 0 unspecified atom stereocenters. The van der Waals surface area contributed by atoms with Crippen LogP contribution in [0.5, 0.6) is 5.75 Å². The molecule has 22 heavy (non-hydrogen) atoms. The average Bonchev–Trinajstić information content (AvgIpc) is 2.84. The van der Waals surface area contributed by atoms with Crippen LogP contribution >= 0.6 is 27.5 Å². The fraction of sp³-hybridized carbons (Fsp3) is 0.118. The third-order valence-corrected chi connectivity index (χ3v) is 4.05. The normalized spacial score (nSPS) is 10.9. The summed E-state index contributed by atoms with van der Waals surface area (Å²) in [5, 5.41) is 1.31. The first-order valence-corrected chi connectivity index (χ1v) is 7.82. The van der Waals surface area contributed by atoms with Crippen molar-refractivity contribution in [1.82, 2.24) is 0 Å². The summed E-state index contributed by atoms with van der Waals surface area (Å²) in [6.45, 7) is 1.99. The van der Waals surface area contributed by atoms with E-state index in [1.807, 2.05) is 25.1 Å². The Hall–Kier alpha value is -1.78. The molecule has 3 rings (SSSR count). The SMILES string of the molecule is Cc1ccc2c(CC(=O)Oc3ccc(Br)cc3Cl)coc2c1. The molecule has 0 amide bonds. The molecule has 0 aliphatic heterocycles. The lowest BCUT2D eigenvalue weighted by molar-refractivity contribution is -0.133. The molecule has 5 heteroatoms. The first-order chi connectivity index (χ1) is 10.5. The van der Waals surface area contributed by atoms with Crippen molar-refractivity contribution in [3.8, 4) is 5.75 Å². The first-order valence-electron chi connectivity index (χ1n) is 6.65. The molecule has 0 saturated heterocycles. The van der Waals surface area contributed by atoms with Crippen molar-refractivity contribution in [3.05, 3.63) is 63.3 Å². The summed E-state index contributed by atoms with van der Waals surface area (Å²) in [6, 6.07) is 11.0. The van der Waals surface area contributed by atoms with Crippen LogP contribution in [0.3, 0.4) is 0 Å². The lowest BCUT2D eigenvalue weighted by atomic mass is 10.1. The number of fused-ring (bicyclic) bond motifs is 1. The summed E-state index contributed by atoms with van der Waals surface area (Å²) in [5.41, 5.74) is 2.68. The first kappa shape index (κ1) is 15.1. The second-order valence-corrected chi connectivity index (χ2v) is 6.31. The molecule has 0 atom stereocenters. The fourth-order valence-electron chi connectivity index (χ4n) is 2.20. The van der Waals surface area contributed by atoms with Crippen LogP contribution in [0.15, 0.2) is 51.6 Å². The molecule has 0 aliphatic carbocycles. The summed E-state index contributed by atoms with van der Waals surface area (Å²) in [5.74, 6) is -0.0361. The summed E-state index contributed by atoms with van der Waals surface area (Å²) < 4.78 is 11.6. The molecular formula is C17H12BrClO3. The van der Waals surface area contributed by atoms with Crippen molar-refractivity contribution in [3.63, 3.8) is 0 Å².